The fourth-order valence-electron chi connectivity index (χ4n) is 2.94. The lowest BCUT2D eigenvalue weighted by molar-refractivity contribution is 0.0611. The van der Waals surface area contributed by atoms with Gasteiger partial charge in [0, 0.05) is 32.5 Å². The van der Waals surface area contributed by atoms with E-state index in [2.05, 4.69) is 43.5 Å². The van der Waals surface area contributed by atoms with Gasteiger partial charge in [-0.05, 0) is 27.2 Å². The molecule has 0 spiro atoms. The average molecular weight is 396 g/mol. The van der Waals surface area contributed by atoms with Gasteiger partial charge in [0.25, 0.3) is 0 Å². The molecule has 0 radical (unpaired) electrons. The van der Waals surface area contributed by atoms with Crippen LogP contribution in [0, 0.1) is 0 Å². The van der Waals surface area contributed by atoms with Crippen LogP contribution >= 0.6 is 0 Å². The Morgan fingerprint density at radius 2 is 1.12 bits per heavy atom. The summed E-state index contributed by atoms with van der Waals surface area (Å²) >= 11 is 0. The lowest BCUT2D eigenvalue weighted by Crippen LogP contribution is -2.59. The van der Waals surface area contributed by atoms with Gasteiger partial charge in [-0.3, -0.25) is 0 Å². The van der Waals surface area contributed by atoms with E-state index in [-0.39, 0.29) is 0 Å². The van der Waals surface area contributed by atoms with E-state index in [4.69, 9.17) is 18.0 Å². The van der Waals surface area contributed by atoms with Crippen LogP contribution in [0.5, 0.6) is 0 Å². The van der Waals surface area contributed by atoms with E-state index < -0.39 is 25.3 Å². The summed E-state index contributed by atoms with van der Waals surface area (Å²) in [5.41, 5.74) is 0. The molecule has 0 saturated carbocycles. The lowest BCUT2D eigenvalue weighted by Gasteiger charge is -2.43. The molecule has 0 rings (SSSR count). The van der Waals surface area contributed by atoms with Crippen molar-refractivity contribution in [2.45, 2.75) is 72.5 Å². The fourth-order valence-corrected chi connectivity index (χ4v) is 14.5. The second kappa shape index (κ2) is 11.2. The topological polar surface area (TPSA) is 40.2 Å². The molecule has 0 aliphatic heterocycles. The molecule has 8 heteroatoms. The van der Waals surface area contributed by atoms with E-state index in [1.807, 2.05) is 20.8 Å². The monoisotopic (exact) mass is 395 g/mol. The van der Waals surface area contributed by atoms with Crippen LogP contribution in [-0.2, 0) is 18.0 Å². The Labute approximate surface area is 153 Å². The van der Waals surface area contributed by atoms with Crippen LogP contribution in [0.15, 0.2) is 0 Å². The van der Waals surface area contributed by atoms with Crippen LogP contribution in [0.2, 0.25) is 45.3 Å². The minimum Gasteiger partial charge on any atom is -0.374 e. The van der Waals surface area contributed by atoms with Gasteiger partial charge in [-0.1, -0.05) is 39.3 Å². The molecule has 0 atom stereocenters. The Morgan fingerprint density at radius 3 is 1.46 bits per heavy atom. The molecule has 0 aliphatic rings. The van der Waals surface area contributed by atoms with Crippen LogP contribution < -0.4 is 0 Å². The summed E-state index contributed by atoms with van der Waals surface area (Å²) in [4.78, 5) is 0. The van der Waals surface area contributed by atoms with Gasteiger partial charge in [-0.15, -0.1) is 0 Å². The minimum atomic E-state index is -2.52. The number of nitrogens with zero attached hydrogens (tertiary/aromatic N) is 1. The molecule has 0 aromatic carbocycles. The quantitative estimate of drug-likeness (QED) is 0.248. The molecule has 24 heavy (non-hydrogen) atoms. The molecule has 0 fully saturated rings. The summed E-state index contributed by atoms with van der Waals surface area (Å²) in [7, 11) is -5.23. The highest BCUT2D eigenvalue weighted by Crippen LogP contribution is 2.21. The van der Waals surface area contributed by atoms with Gasteiger partial charge in [0.1, 0.15) is 16.5 Å². The Hall–Kier alpha value is 0.451. The number of hydrogen-bond donors (Lipinski definition) is 0. The first kappa shape index (κ1) is 24.5. The van der Waals surface area contributed by atoms with E-state index >= 15 is 0 Å². The highest BCUT2D eigenvalue weighted by atomic mass is 28.4. The molecular weight excluding hydrogens is 354 g/mol. The predicted molar refractivity (Wildman–Crippen MR) is 109 cm³/mol. The van der Waals surface area contributed by atoms with Crippen LogP contribution in [0.1, 0.15) is 27.2 Å². The van der Waals surface area contributed by atoms with Crippen molar-refractivity contribution < 1.29 is 18.0 Å². The van der Waals surface area contributed by atoms with E-state index in [1.54, 1.807) is 0 Å². The van der Waals surface area contributed by atoms with Crippen molar-refractivity contribution >= 4 is 25.3 Å². The van der Waals surface area contributed by atoms with Crippen molar-refractivity contribution in [3.05, 3.63) is 0 Å². The summed E-state index contributed by atoms with van der Waals surface area (Å²) in [6, 6.07) is 0.822. The van der Waals surface area contributed by atoms with Gasteiger partial charge in [-0.25, -0.2) is 0 Å². The van der Waals surface area contributed by atoms with Crippen molar-refractivity contribution in [1.29, 1.82) is 0 Å². The highest BCUT2D eigenvalue weighted by Gasteiger charge is 2.40. The molecular formula is C16H41NO4Si3. The zero-order valence-corrected chi connectivity index (χ0v) is 20.5. The van der Waals surface area contributed by atoms with E-state index in [0.29, 0.717) is 19.8 Å². The molecule has 5 nitrogen and oxygen atoms in total. The van der Waals surface area contributed by atoms with Crippen LogP contribution in [0.4, 0.5) is 0 Å². The van der Waals surface area contributed by atoms with Crippen molar-refractivity contribution in [1.82, 2.24) is 4.23 Å². The maximum atomic E-state index is 6.03. The summed E-state index contributed by atoms with van der Waals surface area (Å²) in [6.07, 6.45) is 0.914. The second-order valence-corrected chi connectivity index (χ2v) is 20.8. The van der Waals surface area contributed by atoms with Gasteiger partial charge in [0.2, 0.25) is 0 Å². The average Bonchev–Trinajstić information content (AvgIpc) is 2.40. The van der Waals surface area contributed by atoms with Crippen molar-refractivity contribution in [3.8, 4) is 0 Å². The van der Waals surface area contributed by atoms with Gasteiger partial charge in [0.15, 0.2) is 0 Å². The third-order valence-corrected chi connectivity index (χ3v) is 14.4. The van der Waals surface area contributed by atoms with Gasteiger partial charge in [-0.2, -0.15) is 0 Å². The maximum Gasteiger partial charge on any atom is 0.501 e. The maximum absolute atomic E-state index is 6.03. The summed E-state index contributed by atoms with van der Waals surface area (Å²) < 4.78 is 26.3. The van der Waals surface area contributed by atoms with E-state index in [0.717, 1.165) is 25.8 Å². The van der Waals surface area contributed by atoms with E-state index in [1.165, 1.54) is 0 Å². The molecule has 0 aromatic heterocycles. The molecule has 0 aliphatic carbocycles. The number of rotatable bonds is 14. The molecule has 0 aromatic rings. The van der Waals surface area contributed by atoms with Crippen LogP contribution in [0.25, 0.3) is 0 Å². The Morgan fingerprint density at radius 1 is 0.708 bits per heavy atom. The lowest BCUT2D eigenvalue weighted by atomic mass is 10.5. The standard InChI is InChI=1S/C16H41NO4Si3/c1-10-19-24(20-11-2,21-12-3)15-13-14-18-16-17(22(4,5)6)23(7,8)9/h10-16H2,1-9H3. The largest absolute Gasteiger partial charge is 0.501 e. The molecule has 0 heterocycles. The second-order valence-electron chi connectivity index (χ2n) is 7.89. The molecule has 146 valence electrons. The van der Waals surface area contributed by atoms with Crippen molar-refractivity contribution in [2.24, 2.45) is 0 Å². The Bertz CT molecular complexity index is 301. The summed E-state index contributed by atoms with van der Waals surface area (Å²) in [6.45, 7) is 23.7. The first-order valence-corrected chi connectivity index (χ1v) is 18.1. The van der Waals surface area contributed by atoms with E-state index in [9.17, 15) is 0 Å². The van der Waals surface area contributed by atoms with Gasteiger partial charge in [0.05, 0.1) is 6.73 Å². The fraction of sp³-hybridized carbons (Fsp3) is 1.00. The first-order valence-electron chi connectivity index (χ1n) is 9.29. The van der Waals surface area contributed by atoms with Crippen molar-refractivity contribution in [2.75, 3.05) is 33.2 Å². The normalized spacial score (nSPS) is 13.8. The molecule has 0 N–H and O–H groups in total. The zero-order chi connectivity index (χ0) is 18.9. The molecule has 0 bridgehead atoms. The molecule has 0 amide bonds. The smallest absolute Gasteiger partial charge is 0.374 e. The Balaban J connectivity index is 4.47. The van der Waals surface area contributed by atoms with Crippen LogP contribution in [0.3, 0.4) is 0 Å². The van der Waals surface area contributed by atoms with Crippen LogP contribution in [-0.4, -0.2) is 62.7 Å². The Kier molecular flexibility index (Phi) is 11.4. The van der Waals surface area contributed by atoms with Gasteiger partial charge >= 0.3 is 8.80 Å². The first-order chi connectivity index (χ1) is 11.0. The predicted octanol–water partition coefficient (Wildman–Crippen LogP) is 4.37. The number of hydrogen-bond acceptors (Lipinski definition) is 5. The molecule has 0 unspecified atom stereocenters. The molecule has 0 saturated heterocycles. The third kappa shape index (κ3) is 9.23. The number of ether oxygens (including phenoxy) is 1. The SMILES string of the molecule is CCO[Si](CCCOCN([Si](C)(C)C)[Si](C)(C)C)(OCC)OCC. The highest BCUT2D eigenvalue weighted by molar-refractivity contribution is 6.89. The minimum absolute atomic E-state index is 0.631. The van der Waals surface area contributed by atoms with Gasteiger partial charge < -0.3 is 22.2 Å². The van der Waals surface area contributed by atoms with Crippen molar-refractivity contribution in [3.63, 3.8) is 0 Å². The zero-order valence-electron chi connectivity index (χ0n) is 17.5. The third-order valence-electron chi connectivity index (χ3n) is 3.70. The summed E-state index contributed by atoms with van der Waals surface area (Å²) in [5.74, 6) is 0. The summed E-state index contributed by atoms with van der Waals surface area (Å²) in [5, 5.41) is 0.